The number of pyridine rings is 1. The number of thiophene rings is 2. The van der Waals surface area contributed by atoms with Gasteiger partial charge in [0.15, 0.2) is 66.1 Å². The third-order valence-corrected chi connectivity index (χ3v) is 25.2. The van der Waals surface area contributed by atoms with Gasteiger partial charge in [-0.25, -0.2) is 38.9 Å². The molecule has 5 N–H and O–H groups in total. The van der Waals surface area contributed by atoms with Crippen molar-refractivity contribution in [3.05, 3.63) is 301 Å². The summed E-state index contributed by atoms with van der Waals surface area (Å²) >= 11 is 11.9. The second-order valence-corrected chi connectivity index (χ2v) is 36.2. The maximum absolute atomic E-state index is 12.7. The second-order valence-electron chi connectivity index (χ2n) is 30.8. The Bertz CT molecular complexity index is 7480. The Hall–Kier alpha value is -15.7. The van der Waals surface area contributed by atoms with Crippen LogP contribution in [0.3, 0.4) is 0 Å². The highest BCUT2D eigenvalue weighted by atomic mass is 32.2. The van der Waals surface area contributed by atoms with Crippen molar-refractivity contribution in [1.82, 2.24) is 83.3 Å². The van der Waals surface area contributed by atoms with Crippen molar-refractivity contribution in [3.8, 4) is 32.9 Å². The Balaban J connectivity index is 0.000000147. The van der Waals surface area contributed by atoms with Crippen LogP contribution >= 0.6 is 70.2 Å². The molecule has 47 heteroatoms. The summed E-state index contributed by atoms with van der Waals surface area (Å²) in [4.78, 5) is 169. The number of thiocarbonyl (C=S) groups is 1. The topological polar surface area (TPSA) is 498 Å². The van der Waals surface area contributed by atoms with Gasteiger partial charge in [-0.3, -0.25) is 71.4 Å². The summed E-state index contributed by atoms with van der Waals surface area (Å²) in [6, 6.07) is 54.5. The normalized spacial score (nSPS) is 14.4. The fourth-order valence-electron chi connectivity index (χ4n) is 13.0. The monoisotopic (exact) mass is 1990 g/mol. The quantitative estimate of drug-likeness (QED) is 0.0165. The number of nitrogens with one attached hydrogen (secondary N) is 3. The number of hydrogen-bond acceptors (Lipinski definition) is 32. The number of para-hydroxylation sites is 2. The van der Waals surface area contributed by atoms with E-state index in [-0.39, 0.29) is 65.3 Å². The predicted octanol–water partition coefficient (Wildman–Crippen LogP) is 9.12. The summed E-state index contributed by atoms with van der Waals surface area (Å²) in [6.07, 6.45) is 5.19. The lowest BCUT2D eigenvalue weighted by atomic mass is 10.1. The molecule has 4 amide bonds. The number of amides is 4. The molecule has 716 valence electrons. The number of furan rings is 2. The number of carboxylic acids is 2. The smallest absolute Gasteiger partial charge is 0.481 e. The zero-order chi connectivity index (χ0) is 100. The number of fused-ring (bicyclic) bond motifs is 3. The molecule has 0 spiro atoms. The van der Waals surface area contributed by atoms with Gasteiger partial charge in [-0.2, -0.15) is 19.4 Å². The van der Waals surface area contributed by atoms with Gasteiger partial charge in [0.05, 0.1) is 72.8 Å². The number of carbonyl (C=O) groups excluding carboxylic acids is 4. The summed E-state index contributed by atoms with van der Waals surface area (Å²) in [5.74, 6) is 1.51. The van der Waals surface area contributed by atoms with Crippen molar-refractivity contribution >= 4 is 173 Å². The molecule has 14 heterocycles. The molecule has 0 aliphatic carbocycles. The lowest BCUT2D eigenvalue weighted by molar-refractivity contribution is -0.584. The van der Waals surface area contributed by atoms with Crippen LogP contribution in [0, 0.1) is 20.8 Å². The Morgan fingerprint density at radius 2 is 1.34 bits per heavy atom. The van der Waals surface area contributed by atoms with Gasteiger partial charge >= 0.3 is 35.0 Å². The van der Waals surface area contributed by atoms with Crippen LogP contribution in [0.2, 0.25) is 0 Å². The number of aryl methyl sites for hydroxylation is 5. The summed E-state index contributed by atoms with van der Waals surface area (Å²) in [5, 5.41) is 56.4. The molecular weight excluding hydrogens is 1900 g/mol. The average molecular weight is 2000 g/mol. The number of hydrogen-bond donors (Lipinski definition) is 5. The van der Waals surface area contributed by atoms with Crippen LogP contribution < -0.4 is 63.6 Å². The molecule has 5 aliphatic rings. The van der Waals surface area contributed by atoms with Gasteiger partial charge in [-0.15, -0.1) is 53.3 Å². The van der Waals surface area contributed by atoms with Gasteiger partial charge < -0.3 is 39.1 Å². The van der Waals surface area contributed by atoms with E-state index in [0.29, 0.717) is 90.8 Å². The van der Waals surface area contributed by atoms with Crippen molar-refractivity contribution in [3.63, 3.8) is 0 Å². The van der Waals surface area contributed by atoms with Crippen LogP contribution in [0.25, 0.3) is 55.2 Å². The highest BCUT2D eigenvalue weighted by molar-refractivity contribution is 8.16. The fourth-order valence-corrected chi connectivity index (χ4v) is 17.3. The molecule has 0 bridgehead atoms. The van der Waals surface area contributed by atoms with Gasteiger partial charge in [0, 0.05) is 79.3 Å². The molecule has 41 nitrogen and oxygen atoms in total. The van der Waals surface area contributed by atoms with Crippen molar-refractivity contribution < 1.29 is 52.4 Å². The van der Waals surface area contributed by atoms with Gasteiger partial charge in [-0.1, -0.05) is 144 Å². The number of H-pyrrole nitrogens is 1. The van der Waals surface area contributed by atoms with E-state index in [0.717, 1.165) is 74.7 Å². The molecule has 5 aliphatic heterocycles. The summed E-state index contributed by atoms with van der Waals surface area (Å²) in [5.41, 5.74) is 5.26. The molecule has 0 radical (unpaired) electrons. The zero-order valence-electron chi connectivity index (χ0n) is 76.9. The van der Waals surface area contributed by atoms with Crippen LogP contribution in [-0.2, 0) is 72.2 Å². The van der Waals surface area contributed by atoms with E-state index >= 15 is 0 Å². The number of aromatic amines is 1. The fraction of sp³-hybridized carbons (Fsp3) is 0.228. The number of nitrogens with zero attached hydrogens (tertiary/aromatic N) is 22. The van der Waals surface area contributed by atoms with Gasteiger partial charge in [0.2, 0.25) is 11.8 Å². The third kappa shape index (κ3) is 26.1. The summed E-state index contributed by atoms with van der Waals surface area (Å²) < 4.78 is 19.6. The highest BCUT2D eigenvalue weighted by Crippen LogP contribution is 2.35. The number of carboxylic acid groups (broad SMARTS) is 2. The van der Waals surface area contributed by atoms with Crippen molar-refractivity contribution in [2.45, 2.75) is 70.0 Å². The number of imidazole rings is 1. The van der Waals surface area contributed by atoms with E-state index < -0.39 is 50.9 Å². The van der Waals surface area contributed by atoms with Crippen molar-refractivity contribution in [2.75, 3.05) is 54.4 Å². The molecule has 9 aromatic heterocycles. The minimum absolute atomic E-state index is 0.00468. The standard InChI is InChI=1S/C18H20N4O4S.C17H15N3O4S.C16H14N2OS.C11H9N5O2S.C11H18N3O.C10H7N5O2S.C9H9N3O2S/c1-11-4-6-12(7-5-11)10-22-14-15(19-17(22)27-9-8-13(23)24)20(2)18(26)21(3)16(14)25;1-11(13-8-5-9-24-13)18-19-17-20(12-6-3-2-4-7-12)16(23)14(25-17)10-15(21)22;19-15-14(11-12-7-3-1-4-8-12)17-16(20)18(15)13-9-5-2-6-10-13;1-15-10(17)7-9(13-11(15)18)16(2)14-8(12-7)6-4-3-5-19-6;1-9-8-10(12(2)3)6-7-14(9)11(15)13(4)5;1-15-9(16)6-8(12-10(15)17)14-13-7(11-6)5-3-2-4-18-5;1-6-2-3-7(14-6)4-10-12-9-11-8(13)5-15-9/h4-7H,8-10H2,1-3H3,(H,23,24);2-9,14H,10H2,1H3,(H,21,22);1-10,14H,11H2,(H,17,20);3-5H,1-2H3;6-8H,1-5H3;2-4H,1H3,(H,12,14,17);2-4H,5H2,1H3,(H,11,12,13)/q;;;;+1;;/b;18-11+,19-17+;;;;;10-4+. The van der Waals surface area contributed by atoms with Crippen LogP contribution in [0.15, 0.2) is 262 Å². The first kappa shape index (κ1) is 102. The number of carbonyl (C=O) groups is 6. The van der Waals surface area contributed by atoms with Crippen LogP contribution in [-0.4, -0.2) is 197 Å². The highest BCUT2D eigenvalue weighted by Gasteiger charge is 2.41. The first-order valence-electron chi connectivity index (χ1n) is 42.0. The van der Waals surface area contributed by atoms with E-state index in [9.17, 15) is 57.5 Å². The Morgan fingerprint density at radius 3 is 1.93 bits per heavy atom. The largest absolute Gasteiger partial charge is 0.497 e. The zero-order valence-corrected chi connectivity index (χ0v) is 81.8. The van der Waals surface area contributed by atoms with Crippen LogP contribution in [0.5, 0.6) is 0 Å². The van der Waals surface area contributed by atoms with E-state index in [2.05, 4.69) is 71.3 Å². The number of amidine groups is 2. The molecule has 13 aromatic rings. The molecule has 2 unspecified atom stereocenters. The molecule has 0 saturated carbocycles. The number of benzene rings is 4. The minimum Gasteiger partial charge on any atom is -0.481 e. The molecular formula is C92H92N25O16S6+. The number of aromatic nitrogens is 15. The number of thioether (sulfide) groups is 3. The van der Waals surface area contributed by atoms with Gasteiger partial charge in [0.25, 0.3) is 22.6 Å². The van der Waals surface area contributed by atoms with E-state index in [1.165, 1.54) is 94.0 Å². The van der Waals surface area contributed by atoms with Crippen molar-refractivity contribution in [2.24, 2.45) is 55.6 Å². The van der Waals surface area contributed by atoms with Crippen LogP contribution in [0.4, 0.5) is 21.9 Å². The van der Waals surface area contributed by atoms with E-state index in [1.807, 2.05) is 184 Å². The molecule has 2 atom stereocenters. The number of aliphatic carboxylic acids is 2. The minimum atomic E-state index is -1.03. The number of rotatable bonds is 19. The summed E-state index contributed by atoms with van der Waals surface area (Å²) in [7, 11) is 14.8. The van der Waals surface area contributed by atoms with Crippen molar-refractivity contribution in [1.29, 1.82) is 0 Å². The second kappa shape index (κ2) is 47.2. The lowest BCUT2D eigenvalue weighted by Gasteiger charge is -2.15. The maximum atomic E-state index is 12.7. The average Bonchev–Trinajstić information content (AvgIpc) is 1.61. The Labute approximate surface area is 817 Å². The van der Waals surface area contributed by atoms with Gasteiger partial charge in [-0.05, 0) is 122 Å². The number of anilines is 3. The Kier molecular flexibility index (Phi) is 34.7. The molecule has 3 saturated heterocycles. The molecule has 139 heavy (non-hydrogen) atoms. The van der Waals surface area contributed by atoms with Gasteiger partial charge in [0.1, 0.15) is 46.2 Å². The maximum Gasteiger partial charge on any atom is 0.497 e. The molecule has 4 aromatic carbocycles. The SMILES string of the molecule is C/C(=N\N=C1\SC(CC(=O)O)C(=O)N1c1ccccc1)c1ccco1.Cc1cc(N(C)C)cc[n+]1C(=O)N(C)C.Cc1ccc(/C=N/N=C2NC(=O)CS2)o1.Cc1ccc(Cn2c(SCCC(=O)O)nc3c2c(=O)n(C)c(=O)n3C)cc1.Cn1c(=O)[nH]c2nnc(-c3cccs3)nc2c1=O.Cn1nc(-c2cccs2)nc2c(=O)n(C)c(=O)nc1-2.O=C1C(Cc2ccccc2)NC(=S)N1c1ccccc1. The third-order valence-electron chi connectivity index (χ3n) is 20.2. The molecule has 18 rings (SSSR count). The predicted molar refractivity (Wildman–Crippen MR) is 539 cm³/mol. The van der Waals surface area contributed by atoms with E-state index in [4.69, 9.17) is 31.3 Å². The lowest BCUT2D eigenvalue weighted by Crippen LogP contribution is -2.51. The summed E-state index contributed by atoms with van der Waals surface area (Å²) in [6.45, 7) is 7.92. The molecule has 3 fully saturated rings. The van der Waals surface area contributed by atoms with E-state index in [1.54, 1.807) is 103 Å². The Morgan fingerprint density at radius 1 is 0.676 bits per heavy atom. The van der Waals surface area contributed by atoms with Crippen LogP contribution in [0.1, 0.15) is 59.4 Å². The first-order chi connectivity index (χ1) is 66.5. The first-order valence-corrected chi connectivity index (χ1v) is 47.0.